The number of hydrogen-bond acceptors (Lipinski definition) is 2. The van der Waals surface area contributed by atoms with Gasteiger partial charge in [0.05, 0.1) is 6.10 Å². The maximum absolute atomic E-state index is 11.3. The third-order valence-electron chi connectivity index (χ3n) is 4.77. The third-order valence-corrected chi connectivity index (χ3v) is 4.77. The van der Waals surface area contributed by atoms with Gasteiger partial charge >= 0.3 is 0 Å². The highest BCUT2D eigenvalue weighted by Crippen LogP contribution is 2.46. The molecule has 1 aromatic carbocycles. The Morgan fingerprint density at radius 2 is 2.05 bits per heavy atom. The van der Waals surface area contributed by atoms with Crippen LogP contribution in [0.3, 0.4) is 0 Å². The monoisotopic (exact) mass is 260 g/mol. The molecule has 0 heterocycles. The van der Waals surface area contributed by atoms with E-state index < -0.39 is 11.0 Å². The molecule has 0 spiro atoms. The average Bonchev–Trinajstić information content (AvgIpc) is 2.47. The Hall–Kier alpha value is -1.12. The van der Waals surface area contributed by atoms with E-state index in [-0.39, 0.29) is 6.10 Å². The fourth-order valence-corrected chi connectivity index (χ4v) is 3.36. The fraction of sp³-hybridized carbons (Fsp3) is 0.529. The van der Waals surface area contributed by atoms with E-state index in [0.29, 0.717) is 0 Å². The molecular weight excluding hydrogens is 236 g/mol. The lowest BCUT2D eigenvalue weighted by Gasteiger charge is -2.50. The second-order valence-corrected chi connectivity index (χ2v) is 5.67. The highest BCUT2D eigenvalue weighted by Gasteiger charge is 2.52. The molecule has 0 unspecified atom stereocenters. The lowest BCUT2D eigenvalue weighted by atomic mass is 9.61. The molecule has 2 heteroatoms. The second kappa shape index (κ2) is 5.48. The van der Waals surface area contributed by atoms with Gasteiger partial charge in [0, 0.05) is 12.5 Å². The highest BCUT2D eigenvalue weighted by atomic mass is 16.5. The first kappa shape index (κ1) is 14.3. The van der Waals surface area contributed by atoms with Crippen LogP contribution in [0.15, 0.2) is 43.0 Å². The fourth-order valence-electron chi connectivity index (χ4n) is 3.36. The van der Waals surface area contributed by atoms with Gasteiger partial charge in [-0.25, -0.2) is 0 Å². The lowest BCUT2D eigenvalue weighted by Crippen LogP contribution is -2.58. The molecule has 1 aliphatic carbocycles. The molecule has 1 fully saturated rings. The Morgan fingerprint density at radius 1 is 1.37 bits per heavy atom. The number of rotatable bonds is 4. The van der Waals surface area contributed by atoms with Gasteiger partial charge in [-0.1, -0.05) is 49.2 Å². The molecule has 1 saturated carbocycles. The van der Waals surface area contributed by atoms with Gasteiger partial charge in [-0.05, 0) is 25.3 Å². The zero-order chi connectivity index (χ0) is 13.9. The maximum atomic E-state index is 11.3. The zero-order valence-corrected chi connectivity index (χ0v) is 11.9. The van der Waals surface area contributed by atoms with Gasteiger partial charge in [0.25, 0.3) is 0 Å². The zero-order valence-electron chi connectivity index (χ0n) is 11.9. The van der Waals surface area contributed by atoms with Crippen LogP contribution in [-0.4, -0.2) is 23.9 Å². The van der Waals surface area contributed by atoms with Crippen molar-refractivity contribution in [2.45, 2.75) is 49.7 Å². The molecule has 1 aromatic rings. The van der Waals surface area contributed by atoms with Crippen molar-refractivity contribution in [3.05, 3.63) is 48.6 Å². The topological polar surface area (TPSA) is 29.5 Å². The molecule has 19 heavy (non-hydrogen) atoms. The summed E-state index contributed by atoms with van der Waals surface area (Å²) in [7, 11) is 1.69. The van der Waals surface area contributed by atoms with Crippen molar-refractivity contribution in [2.24, 2.45) is 0 Å². The van der Waals surface area contributed by atoms with Gasteiger partial charge in [-0.15, -0.1) is 6.58 Å². The van der Waals surface area contributed by atoms with E-state index in [9.17, 15) is 5.11 Å². The normalized spacial score (nSPS) is 30.6. The van der Waals surface area contributed by atoms with Crippen molar-refractivity contribution in [1.29, 1.82) is 0 Å². The first-order valence-corrected chi connectivity index (χ1v) is 7.03. The predicted octanol–water partition coefficient (Wildman–Crippen LogP) is 3.45. The van der Waals surface area contributed by atoms with Crippen molar-refractivity contribution in [3.8, 4) is 0 Å². The second-order valence-electron chi connectivity index (χ2n) is 5.67. The number of ether oxygens (including phenoxy) is 1. The van der Waals surface area contributed by atoms with E-state index in [4.69, 9.17) is 4.74 Å². The van der Waals surface area contributed by atoms with Gasteiger partial charge in [0.2, 0.25) is 0 Å². The average molecular weight is 260 g/mol. The Bertz CT molecular complexity index is 428. The van der Waals surface area contributed by atoms with Gasteiger partial charge < -0.3 is 9.84 Å². The standard InChI is InChI=1S/C17H24O2/c1-4-16(2,14-10-6-5-7-11-14)17(18)13-9-8-12-15(17)19-3/h4-7,10-11,15,18H,1,8-9,12-13H2,2-3H3/t15-,16+,17+/m1/s1. The van der Waals surface area contributed by atoms with Crippen LogP contribution in [0.2, 0.25) is 0 Å². The Morgan fingerprint density at radius 3 is 2.63 bits per heavy atom. The molecule has 104 valence electrons. The summed E-state index contributed by atoms with van der Waals surface area (Å²) in [4.78, 5) is 0. The summed E-state index contributed by atoms with van der Waals surface area (Å²) in [5, 5.41) is 11.3. The van der Waals surface area contributed by atoms with E-state index in [2.05, 4.69) is 25.6 Å². The highest BCUT2D eigenvalue weighted by molar-refractivity contribution is 5.35. The Balaban J connectivity index is 2.47. The van der Waals surface area contributed by atoms with Crippen molar-refractivity contribution in [2.75, 3.05) is 7.11 Å². The van der Waals surface area contributed by atoms with Crippen LogP contribution in [0.4, 0.5) is 0 Å². The van der Waals surface area contributed by atoms with E-state index in [1.165, 1.54) is 0 Å². The molecule has 0 saturated heterocycles. The lowest BCUT2D eigenvalue weighted by molar-refractivity contribution is -0.146. The van der Waals surface area contributed by atoms with Crippen molar-refractivity contribution >= 4 is 0 Å². The third kappa shape index (κ3) is 2.24. The van der Waals surface area contributed by atoms with Crippen LogP contribution < -0.4 is 0 Å². The predicted molar refractivity (Wildman–Crippen MR) is 78.2 cm³/mol. The summed E-state index contributed by atoms with van der Waals surface area (Å²) in [6, 6.07) is 10.1. The largest absolute Gasteiger partial charge is 0.386 e. The minimum atomic E-state index is -0.886. The van der Waals surface area contributed by atoms with Crippen LogP contribution in [-0.2, 0) is 10.2 Å². The van der Waals surface area contributed by atoms with Crippen molar-refractivity contribution < 1.29 is 9.84 Å². The summed E-state index contributed by atoms with van der Waals surface area (Å²) >= 11 is 0. The quantitative estimate of drug-likeness (QED) is 0.840. The van der Waals surface area contributed by atoms with Gasteiger partial charge in [-0.3, -0.25) is 0 Å². The van der Waals surface area contributed by atoms with Crippen LogP contribution in [0.25, 0.3) is 0 Å². The number of benzene rings is 1. The molecule has 0 bridgehead atoms. The van der Waals surface area contributed by atoms with Crippen molar-refractivity contribution in [1.82, 2.24) is 0 Å². The summed E-state index contributed by atoms with van der Waals surface area (Å²) in [5.74, 6) is 0. The summed E-state index contributed by atoms with van der Waals surface area (Å²) in [6.07, 6.45) is 5.55. The van der Waals surface area contributed by atoms with Crippen LogP contribution in [0.5, 0.6) is 0 Å². The first-order valence-electron chi connectivity index (χ1n) is 7.03. The number of methoxy groups -OCH3 is 1. The number of aliphatic hydroxyl groups is 1. The number of hydrogen-bond donors (Lipinski definition) is 1. The Kier molecular flexibility index (Phi) is 4.12. The molecule has 0 radical (unpaired) electrons. The van der Waals surface area contributed by atoms with E-state index >= 15 is 0 Å². The molecule has 1 N–H and O–H groups in total. The van der Waals surface area contributed by atoms with Crippen LogP contribution in [0.1, 0.15) is 38.2 Å². The molecule has 2 nitrogen and oxygen atoms in total. The van der Waals surface area contributed by atoms with Crippen LogP contribution in [0, 0.1) is 0 Å². The SMILES string of the molecule is C=C[C@@](C)(c1ccccc1)[C@]1(O)CCCC[C@H]1OC. The van der Waals surface area contributed by atoms with Crippen molar-refractivity contribution in [3.63, 3.8) is 0 Å². The molecule has 0 amide bonds. The van der Waals surface area contributed by atoms with E-state index in [1.54, 1.807) is 7.11 Å². The molecule has 0 aliphatic heterocycles. The minimum Gasteiger partial charge on any atom is -0.386 e. The van der Waals surface area contributed by atoms with Gasteiger partial charge in [0.1, 0.15) is 5.60 Å². The molecule has 0 aromatic heterocycles. The minimum absolute atomic E-state index is 0.135. The Labute approximate surface area is 116 Å². The van der Waals surface area contributed by atoms with Gasteiger partial charge in [-0.2, -0.15) is 0 Å². The smallest absolute Gasteiger partial charge is 0.104 e. The molecular formula is C17H24O2. The first-order chi connectivity index (χ1) is 9.08. The molecule has 2 rings (SSSR count). The van der Waals surface area contributed by atoms with Crippen LogP contribution >= 0.6 is 0 Å². The van der Waals surface area contributed by atoms with E-state index in [0.717, 1.165) is 31.2 Å². The summed E-state index contributed by atoms with van der Waals surface area (Å²) < 4.78 is 5.58. The van der Waals surface area contributed by atoms with E-state index in [1.807, 2.05) is 24.3 Å². The molecule has 3 atom stereocenters. The maximum Gasteiger partial charge on any atom is 0.104 e. The summed E-state index contributed by atoms with van der Waals surface area (Å²) in [6.45, 7) is 6.04. The summed E-state index contributed by atoms with van der Waals surface area (Å²) in [5.41, 5.74) is -0.283. The van der Waals surface area contributed by atoms with Gasteiger partial charge in [0.15, 0.2) is 0 Å². The molecule has 1 aliphatic rings.